The second kappa shape index (κ2) is 9.22. The third-order valence-electron chi connectivity index (χ3n) is 5.44. The lowest BCUT2D eigenvalue weighted by molar-refractivity contribution is 0.159. The zero-order valence-electron chi connectivity index (χ0n) is 18.6. The first kappa shape index (κ1) is 22.6. The van der Waals surface area contributed by atoms with Gasteiger partial charge in [0.2, 0.25) is 11.8 Å². The largest absolute Gasteiger partial charge is 0.449 e. The van der Waals surface area contributed by atoms with E-state index in [1.165, 1.54) is 17.2 Å². The average Bonchev–Trinajstić information content (AvgIpc) is 3.22. The molecule has 2 aliphatic heterocycles. The van der Waals surface area contributed by atoms with Crippen molar-refractivity contribution in [2.24, 2.45) is 4.99 Å². The molecule has 1 aromatic heterocycles. The van der Waals surface area contributed by atoms with Gasteiger partial charge in [-0.1, -0.05) is 24.2 Å². The number of anilines is 5. The van der Waals surface area contributed by atoms with Crippen LogP contribution in [-0.4, -0.2) is 42.2 Å². The van der Waals surface area contributed by atoms with E-state index in [2.05, 4.69) is 32.2 Å². The van der Waals surface area contributed by atoms with E-state index in [0.717, 1.165) is 11.3 Å². The van der Waals surface area contributed by atoms with Gasteiger partial charge in [0.15, 0.2) is 5.82 Å². The van der Waals surface area contributed by atoms with Crippen molar-refractivity contribution in [1.82, 2.24) is 9.97 Å². The van der Waals surface area contributed by atoms with Crippen LogP contribution < -0.4 is 15.5 Å². The Labute approximate surface area is 205 Å². The second-order valence-electron chi connectivity index (χ2n) is 7.83. The van der Waals surface area contributed by atoms with Gasteiger partial charge < -0.3 is 20.1 Å². The van der Waals surface area contributed by atoms with Crippen molar-refractivity contribution < 1.29 is 18.7 Å². The molecule has 9 nitrogen and oxygen atoms in total. The number of hydrogen-bond acceptors (Lipinski definition) is 8. The highest BCUT2D eigenvalue weighted by molar-refractivity contribution is 6.33. The third-order valence-corrected chi connectivity index (χ3v) is 5.72. The van der Waals surface area contributed by atoms with E-state index < -0.39 is 11.9 Å². The van der Waals surface area contributed by atoms with Crippen molar-refractivity contribution in [3.63, 3.8) is 0 Å². The molecular weight excluding hydrogens is 475 g/mol. The summed E-state index contributed by atoms with van der Waals surface area (Å²) in [7, 11) is 1.66. The van der Waals surface area contributed by atoms with E-state index in [1.807, 2.05) is 12.1 Å². The summed E-state index contributed by atoms with van der Waals surface area (Å²) in [6, 6.07) is 10.1. The van der Waals surface area contributed by atoms with E-state index >= 15 is 0 Å². The normalized spacial score (nSPS) is 15.1. The first-order valence-electron chi connectivity index (χ1n) is 10.7. The lowest BCUT2D eigenvalue weighted by Crippen LogP contribution is -2.25. The Hall–Kier alpha value is -4.18. The summed E-state index contributed by atoms with van der Waals surface area (Å²) in [6.45, 7) is 4.34. The number of aliphatic imine (C=N–C) groups is 1. The SMILES string of the molecule is C=C1CN=C(c2cccc(F)c2Nc2nc(Nc3ccc4c(c3)CCOC(=O)N4C)ncc2Cl)O1. The van der Waals surface area contributed by atoms with Crippen LogP contribution in [0.4, 0.5) is 38.0 Å². The van der Waals surface area contributed by atoms with Gasteiger partial charge in [-0.2, -0.15) is 4.98 Å². The number of rotatable bonds is 5. The third kappa shape index (κ3) is 4.60. The van der Waals surface area contributed by atoms with Gasteiger partial charge in [-0.05, 0) is 35.9 Å². The molecule has 0 fully saturated rings. The number of amides is 1. The molecule has 0 aliphatic carbocycles. The molecule has 5 rings (SSSR count). The van der Waals surface area contributed by atoms with Gasteiger partial charge in [-0.3, -0.25) is 4.90 Å². The van der Waals surface area contributed by atoms with Crippen LogP contribution in [0.3, 0.4) is 0 Å². The topological polar surface area (TPSA) is 101 Å². The van der Waals surface area contributed by atoms with E-state index in [4.69, 9.17) is 21.1 Å². The molecule has 2 aliphatic rings. The Balaban J connectivity index is 1.42. The second-order valence-corrected chi connectivity index (χ2v) is 8.24. The fraction of sp³-hybridized carbons (Fsp3) is 0.167. The molecule has 0 unspecified atom stereocenters. The number of nitrogens with zero attached hydrogens (tertiary/aromatic N) is 4. The molecule has 0 saturated heterocycles. The quantitative estimate of drug-likeness (QED) is 0.504. The summed E-state index contributed by atoms with van der Waals surface area (Å²) in [5.41, 5.74) is 2.94. The average molecular weight is 495 g/mol. The van der Waals surface area contributed by atoms with E-state index in [1.54, 1.807) is 25.2 Å². The zero-order valence-corrected chi connectivity index (χ0v) is 19.4. The van der Waals surface area contributed by atoms with Crippen molar-refractivity contribution in [1.29, 1.82) is 0 Å². The number of halogens is 2. The summed E-state index contributed by atoms with van der Waals surface area (Å²) in [6.07, 6.45) is 1.59. The van der Waals surface area contributed by atoms with Gasteiger partial charge in [-0.15, -0.1) is 0 Å². The summed E-state index contributed by atoms with van der Waals surface area (Å²) < 4.78 is 25.5. The highest BCUT2D eigenvalue weighted by atomic mass is 35.5. The van der Waals surface area contributed by atoms with Crippen LogP contribution in [0, 0.1) is 5.82 Å². The number of ether oxygens (including phenoxy) is 2. The predicted octanol–water partition coefficient (Wildman–Crippen LogP) is 5.18. The van der Waals surface area contributed by atoms with Crippen molar-refractivity contribution in [3.8, 4) is 0 Å². The van der Waals surface area contributed by atoms with Crippen LogP contribution in [0.2, 0.25) is 5.02 Å². The Morgan fingerprint density at radius 1 is 1.23 bits per heavy atom. The van der Waals surface area contributed by atoms with E-state index in [-0.39, 0.29) is 28.4 Å². The molecule has 0 radical (unpaired) electrons. The Morgan fingerprint density at radius 3 is 2.89 bits per heavy atom. The van der Waals surface area contributed by atoms with Crippen molar-refractivity contribution in [2.45, 2.75) is 6.42 Å². The van der Waals surface area contributed by atoms with Crippen LogP contribution >= 0.6 is 11.6 Å². The van der Waals surface area contributed by atoms with Gasteiger partial charge in [0.25, 0.3) is 0 Å². The molecule has 35 heavy (non-hydrogen) atoms. The molecule has 0 saturated carbocycles. The van der Waals surface area contributed by atoms with Gasteiger partial charge in [-0.25, -0.2) is 19.2 Å². The van der Waals surface area contributed by atoms with Crippen LogP contribution in [0.15, 0.2) is 59.9 Å². The summed E-state index contributed by atoms with van der Waals surface area (Å²) in [5, 5.41) is 6.27. The van der Waals surface area contributed by atoms with Gasteiger partial charge in [0.05, 0.1) is 29.7 Å². The van der Waals surface area contributed by atoms with Gasteiger partial charge >= 0.3 is 6.09 Å². The van der Waals surface area contributed by atoms with E-state index in [9.17, 15) is 9.18 Å². The standard InChI is InChI=1S/C24H20ClFN6O3/c1-13-11-27-22(35-13)16-4-3-5-18(26)20(16)30-21-17(25)12-28-23(31-21)29-15-6-7-19-14(10-15)8-9-34-24(33)32(19)2/h3-7,10,12H,1,8-9,11H2,2H3,(H2,28,29,30,31). The molecule has 0 atom stereocenters. The number of nitrogens with one attached hydrogen (secondary N) is 2. The minimum absolute atomic E-state index is 0.116. The number of aromatic nitrogens is 2. The molecule has 178 valence electrons. The van der Waals surface area contributed by atoms with Crippen LogP contribution in [0.1, 0.15) is 11.1 Å². The first-order chi connectivity index (χ1) is 16.9. The van der Waals surface area contributed by atoms with Crippen LogP contribution in [-0.2, 0) is 15.9 Å². The lowest BCUT2D eigenvalue weighted by atomic mass is 10.1. The molecule has 2 aromatic carbocycles. The summed E-state index contributed by atoms with van der Waals surface area (Å²) in [5.74, 6) is 0.651. The van der Waals surface area contributed by atoms with Crippen molar-refractivity contribution in [2.75, 3.05) is 35.7 Å². The number of carbonyl (C=O) groups is 1. The fourth-order valence-corrected chi connectivity index (χ4v) is 3.87. The highest BCUT2D eigenvalue weighted by Gasteiger charge is 2.22. The first-order valence-corrected chi connectivity index (χ1v) is 11.1. The number of fused-ring (bicyclic) bond motifs is 1. The maximum atomic E-state index is 14.8. The van der Waals surface area contributed by atoms with Gasteiger partial charge in [0, 0.05) is 19.2 Å². The molecule has 3 heterocycles. The Bertz CT molecular complexity index is 1380. The van der Waals surface area contributed by atoms with Crippen LogP contribution in [0.25, 0.3) is 0 Å². The molecule has 2 N–H and O–H groups in total. The zero-order chi connectivity index (χ0) is 24.5. The van der Waals surface area contributed by atoms with Crippen molar-refractivity contribution in [3.05, 3.63) is 76.9 Å². The number of benzene rings is 2. The summed E-state index contributed by atoms with van der Waals surface area (Å²) in [4.78, 5) is 26.3. The summed E-state index contributed by atoms with van der Waals surface area (Å²) >= 11 is 6.31. The lowest BCUT2D eigenvalue weighted by Gasteiger charge is -2.17. The minimum atomic E-state index is -0.526. The van der Waals surface area contributed by atoms with E-state index in [0.29, 0.717) is 36.6 Å². The van der Waals surface area contributed by atoms with Crippen molar-refractivity contribution >= 4 is 52.4 Å². The minimum Gasteiger partial charge on any atom is -0.449 e. The van der Waals surface area contributed by atoms with Crippen LogP contribution in [0.5, 0.6) is 0 Å². The number of hydrogen-bond donors (Lipinski definition) is 2. The monoisotopic (exact) mass is 494 g/mol. The smallest absolute Gasteiger partial charge is 0.414 e. The molecule has 11 heteroatoms. The van der Waals surface area contributed by atoms with Gasteiger partial charge in [0.1, 0.15) is 23.1 Å². The number of cyclic esters (lactones) is 1. The molecule has 1 amide bonds. The number of carbonyl (C=O) groups excluding carboxylic acids is 1. The fourth-order valence-electron chi connectivity index (χ4n) is 3.73. The molecule has 0 bridgehead atoms. The maximum absolute atomic E-state index is 14.8. The molecular formula is C24H20ClFN6O3. The maximum Gasteiger partial charge on any atom is 0.414 e. The molecule has 0 spiro atoms. The Kier molecular flexibility index (Phi) is 5.96. The molecule has 3 aromatic rings. The number of para-hydroxylation sites is 1. The Morgan fingerprint density at radius 2 is 2.09 bits per heavy atom. The highest BCUT2D eigenvalue weighted by Crippen LogP contribution is 2.32. The predicted molar refractivity (Wildman–Crippen MR) is 132 cm³/mol.